The van der Waals surface area contributed by atoms with Gasteiger partial charge in [-0.05, 0) is 31.9 Å². The Labute approximate surface area is 90.9 Å². The molecule has 0 saturated carbocycles. The van der Waals surface area contributed by atoms with E-state index in [0.29, 0.717) is 12.1 Å². The maximum Gasteiger partial charge on any atom is 0.146 e. The summed E-state index contributed by atoms with van der Waals surface area (Å²) < 4.78 is 13.6. The molecule has 2 nitrogen and oxygen atoms in total. The topological polar surface area (TPSA) is 29.3 Å². The highest BCUT2D eigenvalue weighted by atomic mass is 19.1. The van der Waals surface area contributed by atoms with Crippen molar-refractivity contribution in [3.05, 3.63) is 29.6 Å². The number of anilines is 1. The molecule has 1 aromatic carbocycles. The molecule has 2 N–H and O–H groups in total. The number of benzene rings is 1. The summed E-state index contributed by atoms with van der Waals surface area (Å²) in [5, 5.41) is 0. The lowest BCUT2D eigenvalue weighted by Crippen LogP contribution is -2.35. The van der Waals surface area contributed by atoms with Crippen molar-refractivity contribution in [3.63, 3.8) is 0 Å². The normalized spacial score (nSPS) is 11.6. The summed E-state index contributed by atoms with van der Waals surface area (Å²) in [5.41, 5.74) is 7.21. The molecule has 0 aliphatic rings. The number of rotatable bonds is 3. The third-order valence-electron chi connectivity index (χ3n) is 2.16. The smallest absolute Gasteiger partial charge is 0.146 e. The van der Waals surface area contributed by atoms with Gasteiger partial charge >= 0.3 is 0 Å². The van der Waals surface area contributed by atoms with Crippen molar-refractivity contribution in [2.75, 3.05) is 19.0 Å². The zero-order valence-electron chi connectivity index (χ0n) is 9.84. The second-order valence-corrected chi connectivity index (χ2v) is 4.81. The van der Waals surface area contributed by atoms with Crippen LogP contribution in [0.25, 0.3) is 0 Å². The number of nitrogens with two attached hydrogens (primary N) is 1. The molecule has 0 bridgehead atoms. The van der Waals surface area contributed by atoms with Gasteiger partial charge in [0.2, 0.25) is 0 Å². The highest BCUT2D eigenvalue weighted by Gasteiger charge is 2.17. The predicted octanol–water partition coefficient (Wildman–Crippen LogP) is 2.17. The fourth-order valence-corrected chi connectivity index (χ4v) is 1.69. The molecule has 0 atom stereocenters. The molecule has 0 amide bonds. The SMILES string of the molecule is CN(C)c1c(F)cccc1CC(C)(C)N. The molecule has 0 aliphatic carbocycles. The molecular weight excluding hydrogens is 191 g/mol. The third-order valence-corrected chi connectivity index (χ3v) is 2.16. The van der Waals surface area contributed by atoms with E-state index in [1.54, 1.807) is 11.0 Å². The van der Waals surface area contributed by atoms with Crippen LogP contribution >= 0.6 is 0 Å². The van der Waals surface area contributed by atoms with Gasteiger partial charge in [0.1, 0.15) is 5.82 Å². The molecule has 0 spiro atoms. The number of halogens is 1. The molecule has 0 unspecified atom stereocenters. The van der Waals surface area contributed by atoms with Crippen molar-refractivity contribution in [1.29, 1.82) is 0 Å². The predicted molar refractivity (Wildman–Crippen MR) is 62.7 cm³/mol. The van der Waals surface area contributed by atoms with Gasteiger partial charge in [-0.3, -0.25) is 0 Å². The van der Waals surface area contributed by atoms with E-state index >= 15 is 0 Å². The Morgan fingerprint density at radius 2 is 1.93 bits per heavy atom. The van der Waals surface area contributed by atoms with Gasteiger partial charge in [0.15, 0.2) is 0 Å². The number of hydrogen-bond donors (Lipinski definition) is 1. The molecule has 15 heavy (non-hydrogen) atoms. The second-order valence-electron chi connectivity index (χ2n) is 4.81. The summed E-state index contributed by atoms with van der Waals surface area (Å²) in [6, 6.07) is 5.12. The Kier molecular flexibility index (Phi) is 3.35. The molecule has 1 rings (SSSR count). The minimum Gasteiger partial charge on any atom is -0.375 e. The van der Waals surface area contributed by atoms with E-state index in [9.17, 15) is 4.39 Å². The summed E-state index contributed by atoms with van der Waals surface area (Å²) in [6.07, 6.45) is 0.665. The highest BCUT2D eigenvalue weighted by Crippen LogP contribution is 2.25. The molecule has 0 aromatic heterocycles. The van der Waals surface area contributed by atoms with Crippen molar-refractivity contribution in [2.24, 2.45) is 5.73 Å². The Hall–Kier alpha value is -1.09. The summed E-state index contributed by atoms with van der Waals surface area (Å²) in [5.74, 6) is -0.193. The van der Waals surface area contributed by atoms with Gasteiger partial charge in [-0.1, -0.05) is 12.1 Å². The Balaban J connectivity index is 3.12. The van der Waals surface area contributed by atoms with E-state index in [2.05, 4.69) is 0 Å². The minimum absolute atomic E-state index is 0.193. The lowest BCUT2D eigenvalue weighted by Gasteiger charge is -2.24. The summed E-state index contributed by atoms with van der Waals surface area (Å²) in [6.45, 7) is 3.88. The van der Waals surface area contributed by atoms with Crippen LogP contribution in [0.4, 0.5) is 10.1 Å². The maximum atomic E-state index is 13.6. The van der Waals surface area contributed by atoms with Gasteiger partial charge in [0.05, 0.1) is 5.69 Å². The van der Waals surface area contributed by atoms with Crippen molar-refractivity contribution in [3.8, 4) is 0 Å². The van der Waals surface area contributed by atoms with Gasteiger partial charge in [0, 0.05) is 19.6 Å². The second kappa shape index (κ2) is 4.19. The zero-order chi connectivity index (χ0) is 11.6. The number of para-hydroxylation sites is 1. The molecule has 0 radical (unpaired) electrons. The largest absolute Gasteiger partial charge is 0.375 e. The molecule has 0 fully saturated rings. The van der Waals surface area contributed by atoms with E-state index in [1.165, 1.54) is 6.07 Å². The maximum absolute atomic E-state index is 13.6. The molecule has 0 heterocycles. The van der Waals surface area contributed by atoms with Crippen LogP contribution in [-0.4, -0.2) is 19.6 Å². The monoisotopic (exact) mass is 210 g/mol. The lowest BCUT2D eigenvalue weighted by atomic mass is 9.94. The molecule has 0 saturated heterocycles. The lowest BCUT2D eigenvalue weighted by molar-refractivity contribution is 0.514. The van der Waals surface area contributed by atoms with Crippen molar-refractivity contribution < 1.29 is 4.39 Å². The van der Waals surface area contributed by atoms with Crippen LogP contribution in [0.3, 0.4) is 0 Å². The van der Waals surface area contributed by atoms with Crippen LogP contribution in [0.15, 0.2) is 18.2 Å². The number of nitrogens with zero attached hydrogens (tertiary/aromatic N) is 1. The van der Waals surface area contributed by atoms with E-state index in [4.69, 9.17) is 5.73 Å². The average Bonchev–Trinajstić information content (AvgIpc) is 1.99. The Morgan fingerprint density at radius 1 is 1.33 bits per heavy atom. The van der Waals surface area contributed by atoms with Crippen LogP contribution in [0.2, 0.25) is 0 Å². The molecular formula is C12H19FN2. The minimum atomic E-state index is -0.321. The van der Waals surface area contributed by atoms with E-state index in [0.717, 1.165) is 5.56 Å². The molecule has 0 aliphatic heterocycles. The summed E-state index contributed by atoms with van der Waals surface area (Å²) in [7, 11) is 3.68. The summed E-state index contributed by atoms with van der Waals surface area (Å²) in [4.78, 5) is 1.79. The number of hydrogen-bond acceptors (Lipinski definition) is 2. The first-order valence-corrected chi connectivity index (χ1v) is 5.05. The first kappa shape index (κ1) is 12.0. The fraction of sp³-hybridized carbons (Fsp3) is 0.500. The van der Waals surface area contributed by atoms with Crippen molar-refractivity contribution in [2.45, 2.75) is 25.8 Å². The first-order chi connectivity index (χ1) is 6.81. The molecule has 1 aromatic rings. The van der Waals surface area contributed by atoms with E-state index in [1.807, 2.05) is 34.0 Å². The van der Waals surface area contributed by atoms with Crippen LogP contribution < -0.4 is 10.6 Å². The van der Waals surface area contributed by atoms with Gasteiger partial charge in [-0.15, -0.1) is 0 Å². The first-order valence-electron chi connectivity index (χ1n) is 5.05. The van der Waals surface area contributed by atoms with E-state index < -0.39 is 0 Å². The van der Waals surface area contributed by atoms with Gasteiger partial charge in [0.25, 0.3) is 0 Å². The molecule has 84 valence electrons. The van der Waals surface area contributed by atoms with Gasteiger partial charge in [-0.2, -0.15) is 0 Å². The Bertz CT molecular complexity index is 340. The molecule has 3 heteroatoms. The third kappa shape index (κ3) is 3.20. The Morgan fingerprint density at radius 3 is 2.40 bits per heavy atom. The zero-order valence-corrected chi connectivity index (χ0v) is 9.84. The van der Waals surface area contributed by atoms with Crippen molar-refractivity contribution >= 4 is 5.69 Å². The standard InChI is InChI=1S/C12H19FN2/c1-12(2,14)8-9-6-5-7-10(13)11(9)15(3)4/h5-7H,8,14H2,1-4H3. The van der Waals surface area contributed by atoms with E-state index in [-0.39, 0.29) is 11.4 Å². The quantitative estimate of drug-likeness (QED) is 0.828. The van der Waals surface area contributed by atoms with Crippen LogP contribution in [0.5, 0.6) is 0 Å². The summed E-state index contributed by atoms with van der Waals surface area (Å²) >= 11 is 0. The van der Waals surface area contributed by atoms with Crippen LogP contribution in [0.1, 0.15) is 19.4 Å². The van der Waals surface area contributed by atoms with Crippen molar-refractivity contribution in [1.82, 2.24) is 0 Å². The average molecular weight is 210 g/mol. The van der Waals surface area contributed by atoms with Crippen LogP contribution in [-0.2, 0) is 6.42 Å². The van der Waals surface area contributed by atoms with Gasteiger partial charge in [-0.25, -0.2) is 4.39 Å². The fourth-order valence-electron chi connectivity index (χ4n) is 1.69. The van der Waals surface area contributed by atoms with Crippen LogP contribution in [0, 0.1) is 5.82 Å². The van der Waals surface area contributed by atoms with Gasteiger partial charge < -0.3 is 10.6 Å². The highest BCUT2D eigenvalue weighted by molar-refractivity contribution is 5.54.